The summed E-state index contributed by atoms with van der Waals surface area (Å²) in [4.78, 5) is 0. The molecule has 0 atom stereocenters. The molecule has 0 bridgehead atoms. The van der Waals surface area contributed by atoms with Crippen molar-refractivity contribution in [3.8, 4) is 6.07 Å². The van der Waals surface area contributed by atoms with Gasteiger partial charge in [0.1, 0.15) is 0 Å². The first kappa shape index (κ1) is 8.58. The van der Waals surface area contributed by atoms with Crippen LogP contribution in [0.5, 0.6) is 0 Å². The van der Waals surface area contributed by atoms with E-state index < -0.39 is 0 Å². The molecule has 68 valence electrons. The van der Waals surface area contributed by atoms with Crippen molar-refractivity contribution in [1.82, 2.24) is 4.57 Å². The average molecular weight is 182 g/mol. The van der Waals surface area contributed by atoms with Crippen LogP contribution in [0.1, 0.15) is 5.56 Å². The van der Waals surface area contributed by atoms with Gasteiger partial charge in [-0.05, 0) is 29.2 Å². The van der Waals surface area contributed by atoms with Crippen LogP contribution < -0.4 is 0 Å². The molecule has 0 radical (unpaired) electrons. The number of aromatic nitrogens is 1. The van der Waals surface area contributed by atoms with Crippen LogP contribution in [0.25, 0.3) is 17.0 Å². The topological polar surface area (TPSA) is 28.7 Å². The van der Waals surface area contributed by atoms with Gasteiger partial charge in [0.25, 0.3) is 0 Å². The summed E-state index contributed by atoms with van der Waals surface area (Å²) in [5.41, 5.74) is 2.24. The van der Waals surface area contributed by atoms with Gasteiger partial charge in [-0.25, -0.2) is 0 Å². The molecule has 0 unspecified atom stereocenters. The molecule has 0 aliphatic heterocycles. The van der Waals surface area contributed by atoms with Crippen molar-refractivity contribution in [3.05, 3.63) is 42.1 Å². The summed E-state index contributed by atoms with van der Waals surface area (Å²) in [5.74, 6) is 0. The number of benzene rings is 1. The van der Waals surface area contributed by atoms with E-state index >= 15 is 0 Å². The fraction of sp³-hybridized carbons (Fsp3) is 0.0833. The maximum absolute atomic E-state index is 8.41. The number of nitrogens with zero attached hydrogens (tertiary/aromatic N) is 2. The number of hydrogen-bond donors (Lipinski definition) is 0. The second kappa shape index (κ2) is 3.39. The van der Waals surface area contributed by atoms with E-state index in [9.17, 15) is 0 Å². The van der Waals surface area contributed by atoms with E-state index in [0.29, 0.717) is 0 Å². The highest BCUT2D eigenvalue weighted by atomic mass is 14.9. The lowest BCUT2D eigenvalue weighted by atomic mass is 10.1. The molecule has 0 saturated carbocycles. The monoisotopic (exact) mass is 182 g/mol. The lowest BCUT2D eigenvalue weighted by Gasteiger charge is -1.97. The van der Waals surface area contributed by atoms with Gasteiger partial charge in [-0.3, -0.25) is 0 Å². The van der Waals surface area contributed by atoms with Crippen LogP contribution in [0.15, 0.2) is 36.5 Å². The van der Waals surface area contributed by atoms with Gasteiger partial charge < -0.3 is 4.57 Å². The maximum atomic E-state index is 8.41. The van der Waals surface area contributed by atoms with Crippen LogP contribution in [0.4, 0.5) is 0 Å². The van der Waals surface area contributed by atoms with Crippen molar-refractivity contribution in [1.29, 1.82) is 5.26 Å². The van der Waals surface area contributed by atoms with E-state index in [1.54, 1.807) is 0 Å². The number of aryl methyl sites for hydroxylation is 1. The fourth-order valence-corrected chi connectivity index (χ4v) is 1.52. The number of rotatable bonds is 1. The normalized spacial score (nSPS) is 10.9. The fourth-order valence-electron chi connectivity index (χ4n) is 1.52. The standard InChI is InChI=1S/C12H10N2/c1-14-8-6-11-5-4-10(3-2-7-13)9-12(11)14/h2-6,8-9H,1H3. The van der Waals surface area contributed by atoms with Gasteiger partial charge in [-0.1, -0.05) is 12.1 Å². The third kappa shape index (κ3) is 1.40. The van der Waals surface area contributed by atoms with Gasteiger partial charge >= 0.3 is 0 Å². The SMILES string of the molecule is Cn1ccc2ccc(C=CC#N)cc21. The Morgan fingerprint density at radius 3 is 3.00 bits per heavy atom. The quantitative estimate of drug-likeness (QED) is 0.623. The Morgan fingerprint density at radius 1 is 1.36 bits per heavy atom. The summed E-state index contributed by atoms with van der Waals surface area (Å²) in [6.45, 7) is 0. The van der Waals surface area contributed by atoms with Crippen molar-refractivity contribution in [3.63, 3.8) is 0 Å². The molecule has 14 heavy (non-hydrogen) atoms. The van der Waals surface area contributed by atoms with Crippen LogP contribution in [-0.4, -0.2) is 4.57 Å². The Kier molecular flexibility index (Phi) is 2.08. The van der Waals surface area contributed by atoms with Crippen molar-refractivity contribution >= 4 is 17.0 Å². The van der Waals surface area contributed by atoms with Crippen LogP contribution in [0.2, 0.25) is 0 Å². The Bertz CT molecular complexity index is 527. The third-order valence-corrected chi connectivity index (χ3v) is 2.26. The molecule has 2 nitrogen and oxygen atoms in total. The molecule has 0 saturated heterocycles. The molecule has 1 aromatic carbocycles. The summed E-state index contributed by atoms with van der Waals surface area (Å²) in [7, 11) is 2.01. The third-order valence-electron chi connectivity index (χ3n) is 2.26. The van der Waals surface area contributed by atoms with Gasteiger partial charge in [-0.2, -0.15) is 5.26 Å². The molecule has 0 spiro atoms. The van der Waals surface area contributed by atoms with E-state index in [2.05, 4.69) is 22.8 Å². The molecule has 2 heteroatoms. The molecular weight excluding hydrogens is 172 g/mol. The van der Waals surface area contributed by atoms with E-state index in [-0.39, 0.29) is 0 Å². The molecule has 1 aromatic heterocycles. The highest BCUT2D eigenvalue weighted by molar-refractivity contribution is 5.82. The predicted molar refractivity (Wildman–Crippen MR) is 57.6 cm³/mol. The van der Waals surface area contributed by atoms with Crippen molar-refractivity contribution in [2.45, 2.75) is 0 Å². The molecule has 2 aromatic rings. The second-order valence-corrected chi connectivity index (χ2v) is 3.21. The highest BCUT2D eigenvalue weighted by Crippen LogP contribution is 2.17. The second-order valence-electron chi connectivity index (χ2n) is 3.21. The predicted octanol–water partition coefficient (Wildman–Crippen LogP) is 2.72. The minimum Gasteiger partial charge on any atom is -0.351 e. The zero-order valence-corrected chi connectivity index (χ0v) is 7.94. The van der Waals surface area contributed by atoms with E-state index in [0.717, 1.165) is 5.56 Å². The minimum atomic E-state index is 1.06. The molecule has 2 rings (SSSR count). The van der Waals surface area contributed by atoms with Gasteiger partial charge in [0.15, 0.2) is 0 Å². The minimum absolute atomic E-state index is 1.06. The molecule has 0 N–H and O–H groups in total. The summed E-state index contributed by atoms with van der Waals surface area (Å²) in [6.07, 6.45) is 5.33. The Balaban J connectivity index is 2.56. The molecule has 1 heterocycles. The maximum Gasteiger partial charge on any atom is 0.0912 e. The van der Waals surface area contributed by atoms with Crippen LogP contribution >= 0.6 is 0 Å². The summed E-state index contributed by atoms with van der Waals surface area (Å²) >= 11 is 0. The zero-order valence-electron chi connectivity index (χ0n) is 7.94. The summed E-state index contributed by atoms with van der Waals surface area (Å²) < 4.78 is 2.07. The Hall–Kier alpha value is -2.01. The van der Waals surface area contributed by atoms with Crippen LogP contribution in [0, 0.1) is 11.3 Å². The molecular formula is C12H10N2. The van der Waals surface area contributed by atoms with Crippen LogP contribution in [-0.2, 0) is 7.05 Å². The largest absolute Gasteiger partial charge is 0.351 e. The molecule has 0 aliphatic rings. The first-order valence-corrected chi connectivity index (χ1v) is 4.42. The number of nitriles is 1. The molecule has 0 aliphatic carbocycles. The van der Waals surface area contributed by atoms with Crippen molar-refractivity contribution < 1.29 is 0 Å². The Morgan fingerprint density at radius 2 is 2.21 bits per heavy atom. The van der Waals surface area contributed by atoms with Gasteiger partial charge in [0.05, 0.1) is 6.07 Å². The molecule has 0 amide bonds. The smallest absolute Gasteiger partial charge is 0.0912 e. The van der Waals surface area contributed by atoms with Crippen molar-refractivity contribution in [2.24, 2.45) is 7.05 Å². The van der Waals surface area contributed by atoms with Gasteiger partial charge in [0.2, 0.25) is 0 Å². The molecule has 0 fully saturated rings. The highest BCUT2D eigenvalue weighted by Gasteiger charge is 1.97. The lowest BCUT2D eigenvalue weighted by Crippen LogP contribution is -1.83. The number of hydrogen-bond acceptors (Lipinski definition) is 1. The van der Waals surface area contributed by atoms with E-state index in [1.807, 2.05) is 31.5 Å². The van der Waals surface area contributed by atoms with Crippen molar-refractivity contribution in [2.75, 3.05) is 0 Å². The van der Waals surface area contributed by atoms with E-state index in [1.165, 1.54) is 17.0 Å². The van der Waals surface area contributed by atoms with Gasteiger partial charge in [-0.15, -0.1) is 0 Å². The van der Waals surface area contributed by atoms with Crippen LogP contribution in [0.3, 0.4) is 0 Å². The average Bonchev–Trinajstić information content (AvgIpc) is 2.57. The van der Waals surface area contributed by atoms with E-state index in [4.69, 9.17) is 5.26 Å². The first-order valence-electron chi connectivity index (χ1n) is 4.42. The summed E-state index contributed by atoms with van der Waals surface area (Å²) in [5, 5.41) is 9.64. The Labute approximate surface area is 82.7 Å². The number of allylic oxidation sites excluding steroid dienone is 1. The lowest BCUT2D eigenvalue weighted by molar-refractivity contribution is 0.969. The zero-order chi connectivity index (χ0) is 9.97. The first-order chi connectivity index (χ1) is 6.81. The van der Waals surface area contributed by atoms with Gasteiger partial charge in [0, 0.05) is 24.8 Å². The number of fused-ring (bicyclic) bond motifs is 1. The summed E-state index contributed by atoms with van der Waals surface area (Å²) in [6, 6.07) is 10.2.